The minimum absolute atomic E-state index is 1.17. The quantitative estimate of drug-likeness (QED) is 0.285. The summed E-state index contributed by atoms with van der Waals surface area (Å²) in [6.45, 7) is 0. The van der Waals surface area contributed by atoms with Gasteiger partial charge < -0.3 is 4.57 Å². The summed E-state index contributed by atoms with van der Waals surface area (Å²) in [4.78, 5) is 0. The summed E-state index contributed by atoms with van der Waals surface area (Å²) >= 11 is 0. The molecule has 0 atom stereocenters. The summed E-state index contributed by atoms with van der Waals surface area (Å²) < 4.78 is 2.42. The van der Waals surface area contributed by atoms with Gasteiger partial charge in [-0.2, -0.15) is 0 Å². The lowest BCUT2D eigenvalue weighted by atomic mass is 9.97. The maximum atomic E-state index is 2.42. The third-order valence-electron chi connectivity index (χ3n) is 5.96. The smallest absolute Gasteiger partial charge is 0.0619 e. The number of fused-ring (bicyclic) bond motifs is 2. The maximum Gasteiger partial charge on any atom is 0.0619 e. The maximum absolute atomic E-state index is 2.42. The number of nitrogens with zero attached hydrogens (tertiary/aromatic N) is 1. The molecule has 0 bridgehead atoms. The average molecular weight is 396 g/mol. The normalized spacial score (nSPS) is 11.2. The summed E-state index contributed by atoms with van der Waals surface area (Å²) in [5.74, 6) is 0. The molecular formula is C30H21N. The fourth-order valence-electron chi connectivity index (χ4n) is 4.59. The molecule has 0 aliphatic rings. The molecule has 0 saturated carbocycles. The van der Waals surface area contributed by atoms with E-state index < -0.39 is 0 Å². The van der Waals surface area contributed by atoms with Crippen molar-refractivity contribution in [1.82, 2.24) is 4.57 Å². The Morgan fingerprint density at radius 2 is 0.968 bits per heavy atom. The summed E-state index contributed by atoms with van der Waals surface area (Å²) in [5, 5.41) is 3.79. The molecule has 1 aromatic heterocycles. The lowest BCUT2D eigenvalue weighted by molar-refractivity contribution is 1.14. The minimum atomic E-state index is 1.17. The molecule has 0 saturated heterocycles. The van der Waals surface area contributed by atoms with Crippen LogP contribution in [0.2, 0.25) is 0 Å². The van der Waals surface area contributed by atoms with Crippen molar-refractivity contribution >= 4 is 21.7 Å². The molecule has 1 heterocycles. The Morgan fingerprint density at radius 1 is 0.452 bits per heavy atom. The lowest BCUT2D eigenvalue weighted by Gasteiger charge is -2.13. The first-order valence-corrected chi connectivity index (χ1v) is 10.6. The van der Waals surface area contributed by atoms with Gasteiger partial charge in [-0.05, 0) is 46.2 Å². The molecule has 0 radical (unpaired) electrons. The number of hydrogen-bond donors (Lipinski definition) is 0. The van der Waals surface area contributed by atoms with E-state index >= 15 is 0 Å². The van der Waals surface area contributed by atoms with Gasteiger partial charge in [-0.15, -0.1) is 0 Å². The van der Waals surface area contributed by atoms with E-state index in [0.29, 0.717) is 0 Å². The van der Waals surface area contributed by atoms with Crippen LogP contribution in [0.1, 0.15) is 0 Å². The molecule has 0 amide bonds. The van der Waals surface area contributed by atoms with E-state index in [1.807, 2.05) is 0 Å². The molecule has 31 heavy (non-hydrogen) atoms. The third-order valence-corrected chi connectivity index (χ3v) is 5.96. The first-order valence-electron chi connectivity index (χ1n) is 10.6. The number of benzene rings is 5. The van der Waals surface area contributed by atoms with Crippen LogP contribution in [-0.2, 0) is 0 Å². The average Bonchev–Trinajstić information content (AvgIpc) is 3.18. The first kappa shape index (κ1) is 17.7. The van der Waals surface area contributed by atoms with E-state index in [1.165, 1.54) is 49.7 Å². The zero-order chi connectivity index (χ0) is 20.6. The Balaban J connectivity index is 1.85. The van der Waals surface area contributed by atoms with Crippen molar-refractivity contribution in [2.45, 2.75) is 0 Å². The summed E-state index contributed by atoms with van der Waals surface area (Å²) in [7, 11) is 0. The molecule has 6 aromatic rings. The summed E-state index contributed by atoms with van der Waals surface area (Å²) in [6.07, 6.45) is 0. The van der Waals surface area contributed by atoms with Crippen molar-refractivity contribution in [3.8, 4) is 28.1 Å². The van der Waals surface area contributed by atoms with Gasteiger partial charge in [0.15, 0.2) is 0 Å². The molecule has 1 nitrogen and oxygen atoms in total. The highest BCUT2D eigenvalue weighted by atomic mass is 15.0. The Bertz CT molecular complexity index is 1400. The molecule has 0 unspecified atom stereocenters. The van der Waals surface area contributed by atoms with Crippen molar-refractivity contribution in [3.05, 3.63) is 127 Å². The van der Waals surface area contributed by atoms with Crippen LogP contribution in [-0.4, -0.2) is 4.57 Å². The highest BCUT2D eigenvalue weighted by Crippen LogP contribution is 2.43. The predicted molar refractivity (Wildman–Crippen MR) is 132 cm³/mol. The second-order valence-electron chi connectivity index (χ2n) is 7.84. The summed E-state index contributed by atoms with van der Waals surface area (Å²) in [5.41, 5.74) is 7.34. The van der Waals surface area contributed by atoms with Crippen LogP contribution in [0.3, 0.4) is 0 Å². The highest BCUT2D eigenvalue weighted by Gasteiger charge is 2.21. The minimum Gasteiger partial charge on any atom is -0.309 e. The molecule has 1 heteroatoms. The standard InChI is InChI=1S/C30H21N/c1-4-12-22(13-5-1)29-27-20-24-16-10-11-17-25(24)21-28(27)31(26-18-8-3-9-19-26)30(29)23-14-6-2-7-15-23/h1-21H. The molecule has 0 aliphatic heterocycles. The highest BCUT2D eigenvalue weighted by molar-refractivity contribution is 6.10. The van der Waals surface area contributed by atoms with E-state index in [1.54, 1.807) is 0 Å². The number of rotatable bonds is 3. The van der Waals surface area contributed by atoms with E-state index in [4.69, 9.17) is 0 Å². The fourth-order valence-corrected chi connectivity index (χ4v) is 4.59. The SMILES string of the molecule is c1ccc(-c2c(-c3ccccc3)n(-c3ccccc3)c3cc4ccccc4cc23)cc1. The second-order valence-corrected chi connectivity index (χ2v) is 7.84. The van der Waals surface area contributed by atoms with Crippen LogP contribution in [0.5, 0.6) is 0 Å². The van der Waals surface area contributed by atoms with Crippen molar-refractivity contribution < 1.29 is 0 Å². The van der Waals surface area contributed by atoms with Gasteiger partial charge in [-0.25, -0.2) is 0 Å². The van der Waals surface area contributed by atoms with Crippen LogP contribution in [0.15, 0.2) is 127 Å². The molecule has 146 valence electrons. The Hall–Kier alpha value is -4.10. The van der Waals surface area contributed by atoms with Gasteiger partial charge in [0.2, 0.25) is 0 Å². The molecule has 0 aliphatic carbocycles. The largest absolute Gasteiger partial charge is 0.309 e. The fraction of sp³-hybridized carbons (Fsp3) is 0. The van der Waals surface area contributed by atoms with Gasteiger partial charge in [-0.1, -0.05) is 103 Å². The lowest BCUT2D eigenvalue weighted by Crippen LogP contribution is -1.97. The van der Waals surface area contributed by atoms with Crippen molar-refractivity contribution in [3.63, 3.8) is 0 Å². The summed E-state index contributed by atoms with van der Waals surface area (Å²) in [6, 6.07) is 45.5. The molecule has 0 spiro atoms. The Labute approximate surface area is 181 Å². The second kappa shape index (κ2) is 7.30. The van der Waals surface area contributed by atoms with E-state index in [2.05, 4.69) is 132 Å². The molecule has 0 fully saturated rings. The van der Waals surface area contributed by atoms with Crippen molar-refractivity contribution in [2.75, 3.05) is 0 Å². The molecule has 6 rings (SSSR count). The van der Waals surface area contributed by atoms with Crippen LogP contribution < -0.4 is 0 Å². The van der Waals surface area contributed by atoms with Crippen molar-refractivity contribution in [1.29, 1.82) is 0 Å². The zero-order valence-corrected chi connectivity index (χ0v) is 17.1. The van der Waals surface area contributed by atoms with Gasteiger partial charge >= 0.3 is 0 Å². The monoisotopic (exact) mass is 395 g/mol. The van der Waals surface area contributed by atoms with E-state index in [9.17, 15) is 0 Å². The Kier molecular flexibility index (Phi) is 4.18. The van der Waals surface area contributed by atoms with E-state index in [-0.39, 0.29) is 0 Å². The van der Waals surface area contributed by atoms with Gasteiger partial charge in [0.25, 0.3) is 0 Å². The van der Waals surface area contributed by atoms with Gasteiger partial charge in [0, 0.05) is 16.6 Å². The van der Waals surface area contributed by atoms with Gasteiger partial charge in [0.1, 0.15) is 0 Å². The first-order chi connectivity index (χ1) is 15.4. The van der Waals surface area contributed by atoms with Crippen LogP contribution in [0.25, 0.3) is 49.7 Å². The molecule has 0 N–H and O–H groups in total. The molecular weight excluding hydrogens is 374 g/mol. The van der Waals surface area contributed by atoms with Crippen LogP contribution in [0, 0.1) is 0 Å². The number of aromatic nitrogens is 1. The topological polar surface area (TPSA) is 4.93 Å². The number of hydrogen-bond acceptors (Lipinski definition) is 0. The molecule has 5 aromatic carbocycles. The van der Waals surface area contributed by atoms with Gasteiger partial charge in [0.05, 0.1) is 11.2 Å². The number of para-hydroxylation sites is 1. The van der Waals surface area contributed by atoms with Gasteiger partial charge in [-0.3, -0.25) is 0 Å². The van der Waals surface area contributed by atoms with Crippen LogP contribution >= 0.6 is 0 Å². The van der Waals surface area contributed by atoms with E-state index in [0.717, 1.165) is 0 Å². The van der Waals surface area contributed by atoms with Crippen molar-refractivity contribution in [2.24, 2.45) is 0 Å². The van der Waals surface area contributed by atoms with Crippen LogP contribution in [0.4, 0.5) is 0 Å². The third kappa shape index (κ3) is 2.94. The zero-order valence-electron chi connectivity index (χ0n) is 17.1. The predicted octanol–water partition coefficient (Wildman–Crippen LogP) is 8.12. The Morgan fingerprint density at radius 3 is 1.61 bits per heavy atom.